The molecule has 1 amide bonds. The normalized spacial score (nSPS) is 11.0. The van der Waals surface area contributed by atoms with Gasteiger partial charge in [0.25, 0.3) is 5.91 Å². The number of para-hydroxylation sites is 1. The number of benzene rings is 2. The summed E-state index contributed by atoms with van der Waals surface area (Å²) in [5, 5.41) is 1.49. The number of fused-ring (bicyclic) bond motifs is 1. The summed E-state index contributed by atoms with van der Waals surface area (Å²) in [5.74, 6) is 0.103. The van der Waals surface area contributed by atoms with Crippen LogP contribution < -0.4 is 0 Å². The van der Waals surface area contributed by atoms with E-state index >= 15 is 0 Å². The van der Waals surface area contributed by atoms with Crippen LogP contribution in [-0.2, 0) is 12.3 Å². The number of carbonyl (C=O) groups is 1. The van der Waals surface area contributed by atoms with Gasteiger partial charge in [-0.1, -0.05) is 48.2 Å². The van der Waals surface area contributed by atoms with Crippen molar-refractivity contribution in [3.8, 4) is 0 Å². The number of carbonyl (C=O) groups excluding carboxylic acids is 1. The Hall–Kier alpha value is -3.19. The third-order valence-corrected chi connectivity index (χ3v) is 5.39. The first-order chi connectivity index (χ1) is 14.1. The summed E-state index contributed by atoms with van der Waals surface area (Å²) in [6.45, 7) is 0.150. The lowest BCUT2D eigenvalue weighted by molar-refractivity contribution is 0.0753. The third-order valence-electron chi connectivity index (χ3n) is 4.49. The molecule has 0 bridgehead atoms. The maximum Gasteiger partial charge on any atom is 0.289 e. The second kappa shape index (κ2) is 8.45. The molecule has 2 heterocycles. The number of thioether (sulfide) groups is 1. The van der Waals surface area contributed by atoms with Gasteiger partial charge in [0, 0.05) is 48.3 Å². The Morgan fingerprint density at radius 2 is 1.79 bits per heavy atom. The molecule has 7 heteroatoms. The second-order valence-corrected chi connectivity index (χ2v) is 7.42. The molecule has 5 nitrogen and oxygen atoms in total. The van der Waals surface area contributed by atoms with Crippen LogP contribution in [0.3, 0.4) is 0 Å². The smallest absolute Gasteiger partial charge is 0.289 e. The van der Waals surface area contributed by atoms with Crippen molar-refractivity contribution in [2.24, 2.45) is 0 Å². The molecular formula is C22H18FN3O2S. The van der Waals surface area contributed by atoms with Crippen LogP contribution in [0, 0.1) is 5.82 Å². The summed E-state index contributed by atoms with van der Waals surface area (Å²) in [7, 11) is 1.64. The Balaban J connectivity index is 1.63. The highest BCUT2D eigenvalue weighted by atomic mass is 32.2. The maximum absolute atomic E-state index is 14.0. The molecule has 2 aromatic heterocycles. The fourth-order valence-corrected chi connectivity index (χ4v) is 3.87. The van der Waals surface area contributed by atoms with Gasteiger partial charge in [-0.15, -0.1) is 0 Å². The Morgan fingerprint density at radius 3 is 2.59 bits per heavy atom. The number of aromatic nitrogens is 2. The molecule has 146 valence electrons. The summed E-state index contributed by atoms with van der Waals surface area (Å²) in [5.41, 5.74) is 1.87. The minimum absolute atomic E-state index is 0.150. The van der Waals surface area contributed by atoms with Crippen molar-refractivity contribution in [2.75, 3.05) is 7.05 Å². The molecule has 29 heavy (non-hydrogen) atoms. The average molecular weight is 407 g/mol. The molecular weight excluding hydrogens is 389 g/mol. The minimum Gasteiger partial charge on any atom is -0.451 e. The predicted octanol–water partition coefficient (Wildman–Crippen LogP) is 4.93. The first-order valence-electron chi connectivity index (χ1n) is 9.02. The Kier molecular flexibility index (Phi) is 5.57. The zero-order chi connectivity index (χ0) is 20.2. The first kappa shape index (κ1) is 19.1. The molecule has 0 unspecified atom stereocenters. The van der Waals surface area contributed by atoms with E-state index in [0.29, 0.717) is 22.1 Å². The van der Waals surface area contributed by atoms with Gasteiger partial charge >= 0.3 is 0 Å². The van der Waals surface area contributed by atoms with E-state index in [1.807, 2.05) is 24.3 Å². The van der Waals surface area contributed by atoms with Gasteiger partial charge in [-0.3, -0.25) is 4.79 Å². The quantitative estimate of drug-likeness (QED) is 0.335. The van der Waals surface area contributed by atoms with Gasteiger partial charge in [-0.05, 0) is 18.2 Å². The molecule has 0 N–H and O–H groups in total. The largest absolute Gasteiger partial charge is 0.451 e. The summed E-state index contributed by atoms with van der Waals surface area (Å²) in [6, 6.07) is 15.7. The molecule has 0 fully saturated rings. The van der Waals surface area contributed by atoms with Gasteiger partial charge in [0.1, 0.15) is 11.4 Å². The molecule has 0 atom stereocenters. The van der Waals surface area contributed by atoms with Crippen LogP contribution in [-0.4, -0.2) is 27.8 Å². The molecule has 0 aliphatic carbocycles. The van der Waals surface area contributed by atoms with Crippen LogP contribution in [0.25, 0.3) is 11.0 Å². The SMILES string of the molecule is CN(Cc1ccccc1F)C(=O)c1oc2ccccc2c1CSc1ncccn1. The fourth-order valence-electron chi connectivity index (χ4n) is 3.04. The van der Waals surface area contributed by atoms with Gasteiger partial charge in [0.05, 0.1) is 0 Å². The van der Waals surface area contributed by atoms with Gasteiger partial charge in [0.15, 0.2) is 10.9 Å². The van der Waals surface area contributed by atoms with E-state index in [-0.39, 0.29) is 24.0 Å². The van der Waals surface area contributed by atoms with Gasteiger partial charge in [0.2, 0.25) is 0 Å². The van der Waals surface area contributed by atoms with Crippen molar-refractivity contribution < 1.29 is 13.6 Å². The van der Waals surface area contributed by atoms with Crippen molar-refractivity contribution in [3.63, 3.8) is 0 Å². The highest BCUT2D eigenvalue weighted by Crippen LogP contribution is 2.31. The second-order valence-electron chi connectivity index (χ2n) is 6.48. The van der Waals surface area contributed by atoms with Gasteiger partial charge in [-0.25, -0.2) is 14.4 Å². The number of amides is 1. The monoisotopic (exact) mass is 407 g/mol. The zero-order valence-electron chi connectivity index (χ0n) is 15.7. The number of hydrogen-bond acceptors (Lipinski definition) is 5. The summed E-state index contributed by atoms with van der Waals surface area (Å²) >= 11 is 1.43. The van der Waals surface area contributed by atoms with Crippen molar-refractivity contribution in [1.82, 2.24) is 14.9 Å². The fraction of sp³-hybridized carbons (Fsp3) is 0.136. The summed E-state index contributed by atoms with van der Waals surface area (Å²) in [4.78, 5) is 23.0. The van der Waals surface area contributed by atoms with Gasteiger partial charge in [-0.2, -0.15) is 0 Å². The van der Waals surface area contributed by atoms with E-state index in [1.54, 1.807) is 43.7 Å². The van der Waals surface area contributed by atoms with Crippen molar-refractivity contribution in [1.29, 1.82) is 0 Å². The highest BCUT2D eigenvalue weighted by molar-refractivity contribution is 7.98. The average Bonchev–Trinajstić information content (AvgIpc) is 3.12. The Morgan fingerprint density at radius 1 is 1.07 bits per heavy atom. The van der Waals surface area contributed by atoms with E-state index in [1.165, 1.54) is 22.7 Å². The van der Waals surface area contributed by atoms with E-state index < -0.39 is 0 Å². The van der Waals surface area contributed by atoms with Crippen molar-refractivity contribution in [2.45, 2.75) is 17.5 Å². The molecule has 0 aliphatic heterocycles. The molecule has 0 spiro atoms. The lowest BCUT2D eigenvalue weighted by Crippen LogP contribution is -2.27. The lowest BCUT2D eigenvalue weighted by atomic mass is 10.1. The molecule has 0 saturated heterocycles. The summed E-state index contributed by atoms with van der Waals surface area (Å²) in [6.07, 6.45) is 3.36. The van der Waals surface area contributed by atoms with E-state index in [4.69, 9.17) is 4.42 Å². The van der Waals surface area contributed by atoms with E-state index in [9.17, 15) is 9.18 Å². The van der Waals surface area contributed by atoms with E-state index in [0.717, 1.165) is 10.9 Å². The molecule has 0 radical (unpaired) electrons. The van der Waals surface area contributed by atoms with Crippen molar-refractivity contribution in [3.05, 3.63) is 89.7 Å². The van der Waals surface area contributed by atoms with Crippen LogP contribution in [0.1, 0.15) is 21.7 Å². The molecule has 4 rings (SSSR count). The standard InChI is InChI=1S/C22H18FN3O2S/c1-26(13-15-7-2-4-9-18(15)23)21(27)20-17(14-29-22-24-11-6-12-25-22)16-8-3-5-10-19(16)28-20/h2-12H,13-14H2,1H3. The number of halogens is 1. The summed E-state index contributed by atoms with van der Waals surface area (Å²) < 4.78 is 19.9. The topological polar surface area (TPSA) is 59.2 Å². The molecule has 4 aromatic rings. The van der Waals surface area contributed by atoms with E-state index in [2.05, 4.69) is 9.97 Å². The van der Waals surface area contributed by atoms with Crippen LogP contribution in [0.15, 0.2) is 76.6 Å². The predicted molar refractivity (Wildman–Crippen MR) is 110 cm³/mol. The highest BCUT2D eigenvalue weighted by Gasteiger charge is 2.24. The van der Waals surface area contributed by atoms with Crippen LogP contribution in [0.4, 0.5) is 4.39 Å². The molecule has 0 saturated carbocycles. The lowest BCUT2D eigenvalue weighted by Gasteiger charge is -2.17. The minimum atomic E-state index is -0.339. The van der Waals surface area contributed by atoms with Gasteiger partial charge < -0.3 is 9.32 Å². The third kappa shape index (κ3) is 4.14. The van der Waals surface area contributed by atoms with Crippen molar-refractivity contribution >= 4 is 28.6 Å². The number of rotatable bonds is 6. The number of nitrogens with zero attached hydrogens (tertiary/aromatic N) is 3. The first-order valence-corrected chi connectivity index (χ1v) is 10.0. The maximum atomic E-state index is 14.0. The molecule has 0 aliphatic rings. The van der Waals surface area contributed by atoms with Crippen LogP contribution in [0.2, 0.25) is 0 Å². The zero-order valence-corrected chi connectivity index (χ0v) is 16.5. The number of furan rings is 1. The van der Waals surface area contributed by atoms with Crippen LogP contribution >= 0.6 is 11.8 Å². The molecule has 2 aromatic carbocycles. The van der Waals surface area contributed by atoms with Crippen LogP contribution in [0.5, 0.6) is 0 Å². The Labute approximate surface area is 171 Å². The number of hydrogen-bond donors (Lipinski definition) is 0. The Bertz CT molecular complexity index is 1150.